The van der Waals surface area contributed by atoms with Gasteiger partial charge in [0.2, 0.25) is 0 Å². The van der Waals surface area contributed by atoms with Crippen molar-refractivity contribution < 1.29 is 4.79 Å². The van der Waals surface area contributed by atoms with Crippen LogP contribution in [0.3, 0.4) is 0 Å². The van der Waals surface area contributed by atoms with E-state index in [4.69, 9.17) is 0 Å². The zero-order valence-electron chi connectivity index (χ0n) is 16.8. The Morgan fingerprint density at radius 3 is 1.76 bits per heavy atom. The average Bonchev–Trinajstić information content (AvgIpc) is 2.62. The summed E-state index contributed by atoms with van der Waals surface area (Å²) in [6.07, 6.45) is 0. The Kier molecular flexibility index (Phi) is 7.75. The van der Waals surface area contributed by atoms with Crippen LogP contribution in [0.4, 0.5) is 11.4 Å². The number of aryl methyl sites for hydroxylation is 1. The highest BCUT2D eigenvalue weighted by Gasteiger charge is 2.16. The highest BCUT2D eigenvalue weighted by molar-refractivity contribution is 6.54. The zero-order valence-corrected chi connectivity index (χ0v) is 16.8. The number of carbonyl (C=O) groups is 1. The van der Waals surface area contributed by atoms with Crippen LogP contribution in [0.25, 0.3) is 0 Å². The van der Waals surface area contributed by atoms with E-state index in [0.29, 0.717) is 0 Å². The SMILES string of the molecule is CC.C[B]c1cc(N(C)C)ccc1C(=O)c1ccc(N(C)C)cc1C. The lowest BCUT2D eigenvalue weighted by atomic mass is 9.69. The normalized spacial score (nSPS) is 9.76. The molecule has 2 rings (SSSR count). The third-order valence-electron chi connectivity index (χ3n) is 4.08. The van der Waals surface area contributed by atoms with Gasteiger partial charge in [-0.05, 0) is 48.9 Å². The Morgan fingerprint density at radius 1 is 0.840 bits per heavy atom. The van der Waals surface area contributed by atoms with Gasteiger partial charge < -0.3 is 9.80 Å². The van der Waals surface area contributed by atoms with Crippen molar-refractivity contribution in [2.45, 2.75) is 27.6 Å². The minimum Gasteiger partial charge on any atom is -0.378 e. The maximum atomic E-state index is 13.0. The molecular weight excluding hydrogens is 307 g/mol. The number of anilines is 2. The summed E-state index contributed by atoms with van der Waals surface area (Å²) in [7, 11) is 9.99. The second-order valence-corrected chi connectivity index (χ2v) is 6.18. The molecule has 0 bridgehead atoms. The van der Waals surface area contributed by atoms with E-state index in [2.05, 4.69) is 12.1 Å². The molecule has 0 aromatic heterocycles. The molecule has 0 heterocycles. The third kappa shape index (κ3) is 4.88. The molecule has 133 valence electrons. The van der Waals surface area contributed by atoms with Crippen LogP contribution in [-0.4, -0.2) is 41.3 Å². The molecule has 0 atom stereocenters. The van der Waals surface area contributed by atoms with Crippen molar-refractivity contribution in [3.8, 4) is 0 Å². The summed E-state index contributed by atoms with van der Waals surface area (Å²) in [6, 6.07) is 11.9. The molecule has 0 amide bonds. The van der Waals surface area contributed by atoms with Gasteiger partial charge in [0.05, 0.1) is 0 Å². The van der Waals surface area contributed by atoms with Crippen LogP contribution in [0, 0.1) is 6.92 Å². The summed E-state index contributed by atoms with van der Waals surface area (Å²) in [4.78, 5) is 17.0. The molecule has 0 N–H and O–H groups in total. The topological polar surface area (TPSA) is 23.6 Å². The van der Waals surface area contributed by atoms with E-state index in [1.165, 1.54) is 0 Å². The van der Waals surface area contributed by atoms with Crippen LogP contribution >= 0.6 is 0 Å². The van der Waals surface area contributed by atoms with Gasteiger partial charge >= 0.3 is 0 Å². The molecule has 0 saturated heterocycles. The van der Waals surface area contributed by atoms with Crippen molar-refractivity contribution in [1.29, 1.82) is 0 Å². The zero-order chi connectivity index (χ0) is 19.1. The van der Waals surface area contributed by atoms with Crippen LogP contribution in [0.2, 0.25) is 6.82 Å². The fraction of sp³-hybridized carbons (Fsp3) is 0.381. The number of nitrogens with zero attached hydrogens (tertiary/aromatic N) is 2. The van der Waals surface area contributed by atoms with Crippen molar-refractivity contribution in [3.63, 3.8) is 0 Å². The molecule has 4 heteroatoms. The fourth-order valence-electron chi connectivity index (χ4n) is 2.60. The van der Waals surface area contributed by atoms with Crippen LogP contribution < -0.4 is 15.3 Å². The summed E-state index contributed by atoms with van der Waals surface area (Å²) in [5.74, 6) is 0.0752. The minimum absolute atomic E-state index is 0.0752. The monoisotopic (exact) mass is 337 g/mol. The molecule has 0 saturated carbocycles. The number of hydrogen-bond acceptors (Lipinski definition) is 3. The first-order chi connectivity index (χ1) is 11.8. The molecule has 0 fully saturated rings. The quantitative estimate of drug-likeness (QED) is 0.613. The van der Waals surface area contributed by atoms with E-state index in [-0.39, 0.29) is 5.78 Å². The molecule has 0 aliphatic heterocycles. The number of hydrogen-bond donors (Lipinski definition) is 0. The Balaban J connectivity index is 0.00000151. The van der Waals surface area contributed by atoms with Crippen molar-refractivity contribution >= 4 is 29.9 Å². The Bertz CT molecular complexity index is 724. The maximum absolute atomic E-state index is 13.0. The molecule has 0 spiro atoms. The van der Waals surface area contributed by atoms with Crippen molar-refractivity contribution in [3.05, 3.63) is 53.1 Å². The molecule has 2 aromatic rings. The van der Waals surface area contributed by atoms with Gasteiger partial charge in [-0.25, -0.2) is 0 Å². The molecule has 1 radical (unpaired) electrons. The minimum atomic E-state index is 0.0752. The van der Waals surface area contributed by atoms with E-state index in [0.717, 1.165) is 33.5 Å². The summed E-state index contributed by atoms with van der Waals surface area (Å²) in [6.45, 7) is 7.96. The lowest BCUT2D eigenvalue weighted by Gasteiger charge is -2.17. The van der Waals surface area contributed by atoms with Crippen LogP contribution in [0.15, 0.2) is 36.4 Å². The fourth-order valence-corrected chi connectivity index (χ4v) is 2.60. The third-order valence-corrected chi connectivity index (χ3v) is 4.08. The van der Waals surface area contributed by atoms with Crippen molar-refractivity contribution in [2.24, 2.45) is 0 Å². The van der Waals surface area contributed by atoms with E-state index < -0.39 is 0 Å². The highest BCUT2D eigenvalue weighted by atomic mass is 16.1. The Labute approximate surface area is 153 Å². The number of benzene rings is 2. The summed E-state index contributed by atoms with van der Waals surface area (Å²) in [5.41, 5.74) is 5.67. The van der Waals surface area contributed by atoms with E-state index in [1.807, 2.05) is 97.1 Å². The molecule has 0 aliphatic rings. The van der Waals surface area contributed by atoms with Crippen molar-refractivity contribution in [2.75, 3.05) is 38.0 Å². The molecule has 0 unspecified atom stereocenters. The molecule has 0 aliphatic carbocycles. The second kappa shape index (κ2) is 9.31. The number of rotatable bonds is 5. The predicted octanol–water partition coefficient (Wildman–Crippen LogP) is 3.76. The molecule has 25 heavy (non-hydrogen) atoms. The summed E-state index contributed by atoms with van der Waals surface area (Å²) >= 11 is 0. The average molecular weight is 337 g/mol. The Morgan fingerprint density at radius 2 is 1.32 bits per heavy atom. The summed E-state index contributed by atoms with van der Waals surface area (Å²) < 4.78 is 0. The largest absolute Gasteiger partial charge is 0.378 e. The molecule has 3 nitrogen and oxygen atoms in total. The van der Waals surface area contributed by atoms with Gasteiger partial charge in [-0.1, -0.05) is 26.1 Å². The summed E-state index contributed by atoms with van der Waals surface area (Å²) in [5, 5.41) is 0. The lowest BCUT2D eigenvalue weighted by molar-refractivity contribution is 0.103. The standard InChI is InChI=1S/C19H24BN2O.C2H6/c1-13-11-14(21(3)4)7-9-16(13)19(23)17-10-8-15(22(5)6)12-18(17)20-2;1-2/h7-12H,1-6H3;1-2H3. The van der Waals surface area contributed by atoms with Gasteiger partial charge in [-0.3, -0.25) is 4.79 Å². The van der Waals surface area contributed by atoms with Gasteiger partial charge in [0.15, 0.2) is 5.78 Å². The molecule has 2 aromatic carbocycles. The first-order valence-corrected chi connectivity index (χ1v) is 8.78. The smallest absolute Gasteiger partial charge is 0.192 e. The number of carbonyl (C=O) groups excluding carboxylic acids is 1. The highest BCUT2D eigenvalue weighted by Crippen LogP contribution is 2.21. The van der Waals surface area contributed by atoms with Crippen molar-refractivity contribution in [1.82, 2.24) is 0 Å². The van der Waals surface area contributed by atoms with Gasteiger partial charge in [-0.15, -0.1) is 0 Å². The van der Waals surface area contributed by atoms with Gasteiger partial charge in [0.25, 0.3) is 0 Å². The second-order valence-electron chi connectivity index (χ2n) is 6.18. The van der Waals surface area contributed by atoms with Crippen LogP contribution in [0.5, 0.6) is 0 Å². The first kappa shape index (κ1) is 20.8. The molecular formula is C21H30BN2O. The first-order valence-electron chi connectivity index (χ1n) is 8.78. The van der Waals surface area contributed by atoms with Crippen LogP contribution in [-0.2, 0) is 0 Å². The van der Waals surface area contributed by atoms with E-state index in [1.54, 1.807) is 0 Å². The number of ketones is 1. The van der Waals surface area contributed by atoms with Gasteiger partial charge in [0, 0.05) is 50.7 Å². The van der Waals surface area contributed by atoms with E-state index >= 15 is 0 Å². The predicted molar refractivity (Wildman–Crippen MR) is 112 cm³/mol. The van der Waals surface area contributed by atoms with E-state index in [9.17, 15) is 4.79 Å². The van der Waals surface area contributed by atoms with Gasteiger partial charge in [-0.2, -0.15) is 0 Å². The Hall–Kier alpha value is -2.23. The van der Waals surface area contributed by atoms with Gasteiger partial charge in [0.1, 0.15) is 7.28 Å². The maximum Gasteiger partial charge on any atom is 0.192 e. The van der Waals surface area contributed by atoms with Crippen LogP contribution in [0.1, 0.15) is 35.3 Å². The lowest BCUT2D eigenvalue weighted by Crippen LogP contribution is -2.23.